The lowest BCUT2D eigenvalue weighted by Crippen LogP contribution is -2.26. The fourth-order valence-corrected chi connectivity index (χ4v) is 3.01. The Morgan fingerprint density at radius 1 is 1.26 bits per heavy atom. The molecule has 2 atom stereocenters. The highest BCUT2D eigenvalue weighted by molar-refractivity contribution is 5.61. The molecule has 1 heterocycles. The first kappa shape index (κ1) is 12.3. The highest BCUT2D eigenvalue weighted by Crippen LogP contribution is 2.28. The Kier molecular flexibility index (Phi) is 3.53. The van der Waals surface area contributed by atoms with E-state index in [0.29, 0.717) is 6.04 Å². The molecule has 1 aliphatic carbocycles. The van der Waals surface area contributed by atoms with Gasteiger partial charge in [-0.2, -0.15) is 0 Å². The quantitative estimate of drug-likeness (QED) is 0.902. The van der Waals surface area contributed by atoms with Gasteiger partial charge in [0, 0.05) is 18.4 Å². The van der Waals surface area contributed by atoms with E-state index in [1.54, 1.807) is 0 Å². The van der Waals surface area contributed by atoms with Gasteiger partial charge in [0.05, 0.1) is 17.7 Å². The van der Waals surface area contributed by atoms with Gasteiger partial charge in [0.1, 0.15) is 0 Å². The summed E-state index contributed by atoms with van der Waals surface area (Å²) in [6.07, 6.45) is 10.9. The Labute approximate surface area is 114 Å². The number of benzene rings is 1. The molecule has 1 aromatic carbocycles. The first-order valence-corrected chi connectivity index (χ1v) is 7.17. The molecule has 2 aromatic rings. The third-order valence-corrected chi connectivity index (χ3v) is 3.98. The van der Waals surface area contributed by atoms with Crippen molar-refractivity contribution in [3.63, 3.8) is 0 Å². The number of hydrogen-bond donors (Lipinski definition) is 1. The summed E-state index contributed by atoms with van der Waals surface area (Å²) in [7, 11) is 0. The SMILES string of the molecule is CC1CCCC(Nc2ccccc2-n2ccnc2)C1. The molecule has 3 nitrogen and oxygen atoms in total. The largest absolute Gasteiger partial charge is 0.381 e. The van der Waals surface area contributed by atoms with E-state index in [4.69, 9.17) is 0 Å². The van der Waals surface area contributed by atoms with Crippen molar-refractivity contribution in [1.29, 1.82) is 0 Å². The van der Waals surface area contributed by atoms with Crippen molar-refractivity contribution in [2.45, 2.75) is 38.6 Å². The predicted octanol–water partition coefficient (Wildman–Crippen LogP) is 3.86. The van der Waals surface area contributed by atoms with E-state index in [-0.39, 0.29) is 0 Å². The lowest BCUT2D eigenvalue weighted by Gasteiger charge is -2.29. The van der Waals surface area contributed by atoms with Crippen molar-refractivity contribution in [3.8, 4) is 5.69 Å². The minimum absolute atomic E-state index is 0.605. The Morgan fingerprint density at radius 3 is 2.95 bits per heavy atom. The maximum Gasteiger partial charge on any atom is 0.0992 e. The van der Waals surface area contributed by atoms with Crippen LogP contribution in [0.5, 0.6) is 0 Å². The zero-order chi connectivity index (χ0) is 13.1. The summed E-state index contributed by atoms with van der Waals surface area (Å²) in [4.78, 5) is 4.13. The van der Waals surface area contributed by atoms with Crippen LogP contribution < -0.4 is 5.32 Å². The number of nitrogens with one attached hydrogen (secondary N) is 1. The molecule has 2 unspecified atom stereocenters. The zero-order valence-electron chi connectivity index (χ0n) is 11.4. The molecular weight excluding hydrogens is 234 g/mol. The van der Waals surface area contributed by atoms with E-state index in [1.807, 2.05) is 18.7 Å². The van der Waals surface area contributed by atoms with Gasteiger partial charge in [-0.3, -0.25) is 0 Å². The third kappa shape index (κ3) is 2.80. The highest BCUT2D eigenvalue weighted by atomic mass is 15.1. The van der Waals surface area contributed by atoms with Crippen LogP contribution in [0.3, 0.4) is 0 Å². The number of rotatable bonds is 3. The maximum atomic E-state index is 4.13. The Hall–Kier alpha value is -1.77. The highest BCUT2D eigenvalue weighted by Gasteiger charge is 2.19. The van der Waals surface area contributed by atoms with Gasteiger partial charge in [0.2, 0.25) is 0 Å². The van der Waals surface area contributed by atoms with Crippen LogP contribution in [-0.2, 0) is 0 Å². The van der Waals surface area contributed by atoms with E-state index < -0.39 is 0 Å². The van der Waals surface area contributed by atoms with E-state index in [1.165, 1.54) is 37.1 Å². The van der Waals surface area contributed by atoms with Gasteiger partial charge in [-0.25, -0.2) is 4.98 Å². The van der Waals surface area contributed by atoms with Gasteiger partial charge in [0.25, 0.3) is 0 Å². The van der Waals surface area contributed by atoms with Gasteiger partial charge >= 0.3 is 0 Å². The molecule has 1 fully saturated rings. The number of imidazole rings is 1. The number of hydrogen-bond acceptors (Lipinski definition) is 2. The average molecular weight is 255 g/mol. The summed E-state index contributed by atoms with van der Waals surface area (Å²) < 4.78 is 2.06. The van der Waals surface area contributed by atoms with Gasteiger partial charge in [-0.05, 0) is 30.9 Å². The number of anilines is 1. The molecule has 0 radical (unpaired) electrons. The Bertz CT molecular complexity index is 519. The number of aromatic nitrogens is 2. The molecule has 0 spiro atoms. The van der Waals surface area contributed by atoms with Crippen molar-refractivity contribution in [3.05, 3.63) is 43.0 Å². The molecule has 3 rings (SSSR count). The van der Waals surface area contributed by atoms with Gasteiger partial charge in [0.15, 0.2) is 0 Å². The molecule has 3 heteroatoms. The van der Waals surface area contributed by atoms with Gasteiger partial charge in [-0.15, -0.1) is 0 Å². The average Bonchev–Trinajstić information content (AvgIpc) is 2.93. The van der Waals surface area contributed by atoms with Crippen molar-refractivity contribution in [2.24, 2.45) is 5.92 Å². The molecular formula is C16H21N3. The molecule has 0 saturated heterocycles. The minimum atomic E-state index is 0.605. The molecule has 0 bridgehead atoms. The van der Waals surface area contributed by atoms with E-state index in [0.717, 1.165) is 5.92 Å². The van der Waals surface area contributed by atoms with Gasteiger partial charge < -0.3 is 9.88 Å². The zero-order valence-corrected chi connectivity index (χ0v) is 11.4. The topological polar surface area (TPSA) is 29.9 Å². The van der Waals surface area contributed by atoms with Crippen molar-refractivity contribution < 1.29 is 0 Å². The second-order valence-electron chi connectivity index (χ2n) is 5.60. The predicted molar refractivity (Wildman–Crippen MR) is 78.6 cm³/mol. The molecule has 19 heavy (non-hydrogen) atoms. The molecule has 100 valence electrons. The molecule has 0 aliphatic heterocycles. The summed E-state index contributed by atoms with van der Waals surface area (Å²) in [6, 6.07) is 9.07. The smallest absolute Gasteiger partial charge is 0.0992 e. The van der Waals surface area contributed by atoms with Crippen LogP contribution in [0.25, 0.3) is 5.69 Å². The third-order valence-electron chi connectivity index (χ3n) is 3.98. The lowest BCUT2D eigenvalue weighted by molar-refractivity contribution is 0.358. The molecule has 0 amide bonds. The summed E-state index contributed by atoms with van der Waals surface area (Å²) in [5.74, 6) is 0.839. The molecule has 1 N–H and O–H groups in total. The van der Waals surface area contributed by atoms with Crippen LogP contribution >= 0.6 is 0 Å². The second kappa shape index (κ2) is 5.47. The first-order chi connectivity index (χ1) is 9.33. The summed E-state index contributed by atoms with van der Waals surface area (Å²) >= 11 is 0. The number of para-hydroxylation sites is 2. The van der Waals surface area contributed by atoms with Crippen LogP contribution in [0.15, 0.2) is 43.0 Å². The van der Waals surface area contributed by atoms with E-state index in [9.17, 15) is 0 Å². The van der Waals surface area contributed by atoms with Crippen LogP contribution in [0.4, 0.5) is 5.69 Å². The monoisotopic (exact) mass is 255 g/mol. The van der Waals surface area contributed by atoms with E-state index in [2.05, 4.69) is 46.1 Å². The maximum absolute atomic E-state index is 4.13. The number of nitrogens with zero attached hydrogens (tertiary/aromatic N) is 2. The standard InChI is InChI=1S/C16H21N3/c1-13-5-4-6-14(11-13)18-15-7-2-3-8-16(15)19-10-9-17-12-19/h2-3,7-10,12-14,18H,4-6,11H2,1H3. The molecule has 1 aliphatic rings. The summed E-state index contributed by atoms with van der Waals surface area (Å²) in [6.45, 7) is 2.36. The van der Waals surface area contributed by atoms with Gasteiger partial charge in [-0.1, -0.05) is 31.9 Å². The normalized spacial score (nSPS) is 23.2. The molecule has 1 aromatic heterocycles. The second-order valence-corrected chi connectivity index (χ2v) is 5.60. The first-order valence-electron chi connectivity index (χ1n) is 7.17. The summed E-state index contributed by atoms with van der Waals surface area (Å²) in [5, 5.41) is 3.72. The van der Waals surface area contributed by atoms with Crippen molar-refractivity contribution in [1.82, 2.24) is 9.55 Å². The Balaban J connectivity index is 1.81. The fraction of sp³-hybridized carbons (Fsp3) is 0.438. The lowest BCUT2D eigenvalue weighted by atomic mass is 9.87. The van der Waals surface area contributed by atoms with Crippen molar-refractivity contribution >= 4 is 5.69 Å². The summed E-state index contributed by atoms with van der Waals surface area (Å²) in [5.41, 5.74) is 2.39. The van der Waals surface area contributed by atoms with Crippen LogP contribution in [0.2, 0.25) is 0 Å². The van der Waals surface area contributed by atoms with Crippen LogP contribution in [0.1, 0.15) is 32.6 Å². The Morgan fingerprint density at radius 2 is 2.16 bits per heavy atom. The molecule has 1 saturated carbocycles. The fourth-order valence-electron chi connectivity index (χ4n) is 3.01. The minimum Gasteiger partial charge on any atom is -0.381 e. The van der Waals surface area contributed by atoms with Crippen LogP contribution in [0, 0.1) is 5.92 Å². The van der Waals surface area contributed by atoms with Crippen LogP contribution in [-0.4, -0.2) is 15.6 Å². The van der Waals surface area contributed by atoms with E-state index >= 15 is 0 Å². The van der Waals surface area contributed by atoms with Crippen molar-refractivity contribution in [2.75, 3.05) is 5.32 Å².